The molecule has 0 fully saturated rings. The molecule has 0 amide bonds. The number of rotatable bonds is 4. The molecule has 0 atom stereocenters. The minimum atomic E-state index is 0.589. The van der Waals surface area contributed by atoms with Crippen molar-refractivity contribution >= 4 is 34.3 Å². The van der Waals surface area contributed by atoms with Gasteiger partial charge in [-0.1, -0.05) is 48.9 Å². The van der Waals surface area contributed by atoms with E-state index in [4.69, 9.17) is 11.6 Å². The smallest absolute Gasteiger partial charge is 0.226 e. The minimum Gasteiger partial charge on any atom is -0.226 e. The molecule has 1 aromatic heterocycles. The molecule has 0 spiro atoms. The van der Waals surface area contributed by atoms with Gasteiger partial charge in [0, 0.05) is 17.7 Å². The van der Waals surface area contributed by atoms with E-state index in [-0.39, 0.29) is 0 Å². The molecule has 0 N–H and O–H groups in total. The molecule has 1 heterocycles. The summed E-state index contributed by atoms with van der Waals surface area (Å²) in [5.41, 5.74) is 1.00. The summed E-state index contributed by atoms with van der Waals surface area (Å²) in [6.07, 6.45) is 2.73. The lowest BCUT2D eigenvalue weighted by Crippen LogP contribution is -1.92. The molecule has 1 aromatic carbocycles. The maximum absolute atomic E-state index is 5.82. The van der Waals surface area contributed by atoms with Crippen LogP contribution in [0.25, 0.3) is 0 Å². The molecule has 0 unspecified atom stereocenters. The van der Waals surface area contributed by atoms with Crippen molar-refractivity contribution in [1.82, 2.24) is 10.2 Å². The number of halogens is 1. The van der Waals surface area contributed by atoms with Crippen molar-refractivity contribution in [2.45, 2.75) is 20.3 Å². The van der Waals surface area contributed by atoms with Crippen LogP contribution in [0.1, 0.15) is 24.4 Å². The van der Waals surface area contributed by atoms with Gasteiger partial charge in [0.25, 0.3) is 0 Å². The van der Waals surface area contributed by atoms with Crippen molar-refractivity contribution < 1.29 is 0 Å². The molecule has 18 heavy (non-hydrogen) atoms. The molecule has 0 radical (unpaired) electrons. The standard InChI is InChI=1S/C13H14ClN3S/c1-9(2)7-12-16-17-13(18-12)15-8-10-3-5-11(14)6-4-10/h3-6,8-9H,7H2,1-2H3. The summed E-state index contributed by atoms with van der Waals surface area (Å²) in [6, 6.07) is 7.52. The third-order valence-electron chi connectivity index (χ3n) is 2.23. The van der Waals surface area contributed by atoms with Crippen LogP contribution in [0.2, 0.25) is 5.02 Å². The number of benzene rings is 1. The third-order valence-corrected chi connectivity index (χ3v) is 3.34. The molecule has 2 aromatic rings. The topological polar surface area (TPSA) is 38.1 Å². The van der Waals surface area contributed by atoms with E-state index in [2.05, 4.69) is 29.0 Å². The summed E-state index contributed by atoms with van der Waals surface area (Å²) in [6.45, 7) is 4.33. The first-order valence-electron chi connectivity index (χ1n) is 5.75. The normalized spacial score (nSPS) is 11.6. The van der Waals surface area contributed by atoms with Crippen LogP contribution < -0.4 is 0 Å². The molecule has 0 saturated heterocycles. The Morgan fingerprint density at radius 1 is 1.28 bits per heavy atom. The first-order chi connectivity index (χ1) is 8.63. The summed E-state index contributed by atoms with van der Waals surface area (Å²) < 4.78 is 0. The molecule has 0 aliphatic heterocycles. The van der Waals surface area contributed by atoms with E-state index in [1.807, 2.05) is 24.3 Å². The fraction of sp³-hybridized carbons (Fsp3) is 0.308. The van der Waals surface area contributed by atoms with E-state index < -0.39 is 0 Å². The first-order valence-corrected chi connectivity index (χ1v) is 6.95. The second kappa shape index (κ2) is 6.07. The SMILES string of the molecule is CC(C)Cc1nnc(N=Cc2ccc(Cl)cc2)s1. The Morgan fingerprint density at radius 3 is 2.67 bits per heavy atom. The zero-order chi connectivity index (χ0) is 13.0. The highest BCUT2D eigenvalue weighted by Crippen LogP contribution is 2.20. The van der Waals surface area contributed by atoms with Crippen LogP contribution in [0.4, 0.5) is 5.13 Å². The van der Waals surface area contributed by atoms with Gasteiger partial charge in [0.1, 0.15) is 5.01 Å². The Labute approximate surface area is 116 Å². The van der Waals surface area contributed by atoms with Crippen molar-refractivity contribution in [3.63, 3.8) is 0 Å². The monoisotopic (exact) mass is 279 g/mol. The fourth-order valence-electron chi connectivity index (χ4n) is 1.41. The molecular formula is C13H14ClN3S. The van der Waals surface area contributed by atoms with E-state index in [0.717, 1.165) is 22.0 Å². The molecular weight excluding hydrogens is 266 g/mol. The van der Waals surface area contributed by atoms with Crippen LogP contribution >= 0.6 is 22.9 Å². The zero-order valence-corrected chi connectivity index (χ0v) is 11.9. The number of hydrogen-bond acceptors (Lipinski definition) is 4. The van der Waals surface area contributed by atoms with Crippen LogP contribution in [-0.2, 0) is 6.42 Å². The van der Waals surface area contributed by atoms with Gasteiger partial charge in [-0.3, -0.25) is 0 Å². The Hall–Kier alpha value is -1.26. The summed E-state index contributed by atoms with van der Waals surface area (Å²) in [7, 11) is 0. The number of nitrogens with zero attached hydrogens (tertiary/aromatic N) is 3. The third kappa shape index (κ3) is 3.89. The van der Waals surface area contributed by atoms with Crippen molar-refractivity contribution in [1.29, 1.82) is 0 Å². The average Bonchev–Trinajstić information content (AvgIpc) is 2.75. The number of hydrogen-bond donors (Lipinski definition) is 0. The van der Waals surface area contributed by atoms with Gasteiger partial charge >= 0.3 is 0 Å². The summed E-state index contributed by atoms with van der Waals surface area (Å²) >= 11 is 7.35. The predicted octanol–water partition coefficient (Wildman–Crippen LogP) is 4.14. The highest BCUT2D eigenvalue weighted by atomic mass is 35.5. The zero-order valence-electron chi connectivity index (χ0n) is 10.3. The van der Waals surface area contributed by atoms with Gasteiger partial charge in [-0.25, -0.2) is 4.99 Å². The molecule has 5 heteroatoms. The molecule has 2 rings (SSSR count). The van der Waals surface area contributed by atoms with E-state index in [1.165, 1.54) is 11.3 Å². The maximum atomic E-state index is 5.82. The molecule has 94 valence electrons. The lowest BCUT2D eigenvalue weighted by molar-refractivity contribution is 0.640. The molecule has 0 bridgehead atoms. The summed E-state index contributed by atoms with van der Waals surface area (Å²) in [4.78, 5) is 4.31. The van der Waals surface area contributed by atoms with Gasteiger partial charge in [-0.05, 0) is 23.6 Å². The van der Waals surface area contributed by atoms with Crippen molar-refractivity contribution in [3.8, 4) is 0 Å². The molecule has 3 nitrogen and oxygen atoms in total. The van der Waals surface area contributed by atoms with Crippen LogP contribution in [0.3, 0.4) is 0 Å². The van der Waals surface area contributed by atoms with Crippen LogP contribution in [-0.4, -0.2) is 16.4 Å². The minimum absolute atomic E-state index is 0.589. The van der Waals surface area contributed by atoms with E-state index >= 15 is 0 Å². The number of aromatic nitrogens is 2. The second-order valence-electron chi connectivity index (χ2n) is 4.39. The Morgan fingerprint density at radius 2 is 2.00 bits per heavy atom. The van der Waals surface area contributed by atoms with Gasteiger partial charge < -0.3 is 0 Å². The van der Waals surface area contributed by atoms with Gasteiger partial charge in [0.15, 0.2) is 0 Å². The highest BCUT2D eigenvalue weighted by molar-refractivity contribution is 7.14. The maximum Gasteiger partial charge on any atom is 0.231 e. The lowest BCUT2D eigenvalue weighted by atomic mass is 10.1. The van der Waals surface area contributed by atoms with Crippen molar-refractivity contribution in [2.75, 3.05) is 0 Å². The highest BCUT2D eigenvalue weighted by Gasteiger charge is 2.04. The largest absolute Gasteiger partial charge is 0.231 e. The fourth-order valence-corrected chi connectivity index (χ4v) is 2.43. The molecule has 0 saturated carbocycles. The Balaban J connectivity index is 2.04. The number of aliphatic imine (C=N–C) groups is 1. The quantitative estimate of drug-likeness (QED) is 0.789. The lowest BCUT2D eigenvalue weighted by Gasteiger charge is -1.96. The molecule has 0 aliphatic rings. The van der Waals surface area contributed by atoms with Gasteiger partial charge in [-0.2, -0.15) is 0 Å². The summed E-state index contributed by atoms with van der Waals surface area (Å²) in [5, 5.41) is 10.6. The van der Waals surface area contributed by atoms with Crippen LogP contribution in [0.5, 0.6) is 0 Å². The van der Waals surface area contributed by atoms with Gasteiger partial charge in [-0.15, -0.1) is 10.2 Å². The average molecular weight is 280 g/mol. The van der Waals surface area contributed by atoms with Gasteiger partial charge in [0.2, 0.25) is 5.13 Å². The second-order valence-corrected chi connectivity index (χ2v) is 5.86. The van der Waals surface area contributed by atoms with Crippen molar-refractivity contribution in [2.24, 2.45) is 10.9 Å². The van der Waals surface area contributed by atoms with E-state index in [0.29, 0.717) is 11.0 Å². The summed E-state index contributed by atoms with van der Waals surface area (Å²) in [5.74, 6) is 0.589. The van der Waals surface area contributed by atoms with Crippen LogP contribution in [0, 0.1) is 5.92 Å². The Kier molecular flexibility index (Phi) is 4.44. The Bertz CT molecular complexity index is 531. The molecule has 0 aliphatic carbocycles. The van der Waals surface area contributed by atoms with Gasteiger partial charge in [0.05, 0.1) is 0 Å². The predicted molar refractivity (Wildman–Crippen MR) is 77.2 cm³/mol. The van der Waals surface area contributed by atoms with Crippen molar-refractivity contribution in [3.05, 3.63) is 39.9 Å². The van der Waals surface area contributed by atoms with E-state index in [9.17, 15) is 0 Å². The first kappa shape index (κ1) is 13.2. The van der Waals surface area contributed by atoms with Crippen LogP contribution in [0.15, 0.2) is 29.3 Å². The van der Waals surface area contributed by atoms with E-state index in [1.54, 1.807) is 6.21 Å².